The van der Waals surface area contributed by atoms with Gasteiger partial charge in [0.25, 0.3) is 0 Å². The van der Waals surface area contributed by atoms with Crippen LogP contribution in [0.5, 0.6) is 0 Å². The van der Waals surface area contributed by atoms with Crippen molar-refractivity contribution in [2.75, 3.05) is 0 Å². The van der Waals surface area contributed by atoms with Crippen LogP contribution < -0.4 is 0 Å². The average molecular weight is 412 g/mol. The number of nitriles is 1. The maximum Gasteiger partial charge on any atom is 0.339 e. The van der Waals surface area contributed by atoms with E-state index in [2.05, 4.69) is 26.8 Å². The number of ketones is 1. The Hall–Kier alpha value is -3.71. The fourth-order valence-corrected chi connectivity index (χ4v) is 3.36. The molecule has 3 aromatic rings. The molecule has 3 rings (SSSR count). The van der Waals surface area contributed by atoms with Gasteiger partial charge in [-0.15, -0.1) is 0 Å². The van der Waals surface area contributed by atoms with E-state index in [-0.39, 0.29) is 11.2 Å². The number of ether oxygens (including phenoxy) is 1. The van der Waals surface area contributed by atoms with Crippen LogP contribution in [0.2, 0.25) is 0 Å². The minimum absolute atomic E-state index is 0.0108. The molecule has 0 saturated heterocycles. The summed E-state index contributed by atoms with van der Waals surface area (Å²) in [4.78, 5) is 25.7. The first-order valence-electron chi connectivity index (χ1n) is 10.2. The fraction of sp³-hybridized carbons (Fsp3) is 0.222. The summed E-state index contributed by atoms with van der Waals surface area (Å²) in [5.74, 6) is -0.862. The molecule has 0 unspecified atom stereocenters. The number of Topliss-reactive ketones (excluding diaryl/α,β-unsaturated/α-hetero) is 1. The van der Waals surface area contributed by atoms with Gasteiger partial charge in [-0.25, -0.2) is 4.79 Å². The molecule has 1 atom stereocenters. The fourth-order valence-electron chi connectivity index (χ4n) is 3.36. The van der Waals surface area contributed by atoms with Gasteiger partial charge in [0, 0.05) is 11.1 Å². The van der Waals surface area contributed by atoms with Crippen LogP contribution >= 0.6 is 0 Å². The Kier molecular flexibility index (Phi) is 6.36. The third-order valence-electron chi connectivity index (χ3n) is 5.17. The summed E-state index contributed by atoms with van der Waals surface area (Å²) < 4.78 is 5.51. The van der Waals surface area contributed by atoms with E-state index in [0.29, 0.717) is 27.8 Å². The molecule has 0 aliphatic heterocycles. The van der Waals surface area contributed by atoms with E-state index in [9.17, 15) is 14.9 Å². The maximum absolute atomic E-state index is 12.9. The number of benzene rings is 3. The van der Waals surface area contributed by atoms with Gasteiger partial charge >= 0.3 is 5.97 Å². The summed E-state index contributed by atoms with van der Waals surface area (Å²) in [6.45, 7) is 7.89. The molecule has 0 aromatic heterocycles. The number of carbonyl (C=O) groups is 2. The van der Waals surface area contributed by atoms with Gasteiger partial charge in [0.15, 0.2) is 6.10 Å². The second kappa shape index (κ2) is 8.97. The number of hydrogen-bond donors (Lipinski definition) is 0. The first kappa shape index (κ1) is 22.0. The van der Waals surface area contributed by atoms with Crippen LogP contribution in [-0.4, -0.2) is 17.9 Å². The van der Waals surface area contributed by atoms with E-state index in [1.807, 2.05) is 18.2 Å². The number of carbonyl (C=O) groups excluding carboxylic acids is 2. The molecule has 0 bridgehead atoms. The molecule has 0 radical (unpaired) electrons. The highest BCUT2D eigenvalue weighted by Crippen LogP contribution is 2.28. The molecule has 0 amide bonds. The molecule has 0 aliphatic carbocycles. The molecule has 156 valence electrons. The van der Waals surface area contributed by atoms with Gasteiger partial charge in [0.1, 0.15) is 0 Å². The molecule has 0 aliphatic rings. The molecule has 3 aromatic carbocycles. The lowest BCUT2D eigenvalue weighted by atomic mass is 9.86. The van der Waals surface area contributed by atoms with Gasteiger partial charge in [-0.2, -0.15) is 5.26 Å². The monoisotopic (exact) mass is 411 g/mol. The van der Waals surface area contributed by atoms with Crippen molar-refractivity contribution in [2.45, 2.75) is 39.2 Å². The van der Waals surface area contributed by atoms with E-state index in [1.165, 1.54) is 0 Å². The first-order chi connectivity index (χ1) is 14.7. The minimum Gasteiger partial charge on any atom is -0.451 e. The topological polar surface area (TPSA) is 67.2 Å². The van der Waals surface area contributed by atoms with E-state index >= 15 is 0 Å². The predicted octanol–water partition coefficient (Wildman–Crippen LogP) is 5.95. The number of rotatable bonds is 5. The van der Waals surface area contributed by atoms with E-state index < -0.39 is 12.1 Å². The minimum atomic E-state index is -0.938. The Morgan fingerprint density at radius 3 is 2.06 bits per heavy atom. The van der Waals surface area contributed by atoms with Gasteiger partial charge in [0.2, 0.25) is 5.78 Å². The predicted molar refractivity (Wildman–Crippen MR) is 121 cm³/mol. The number of esters is 1. The van der Waals surface area contributed by atoms with Crippen molar-refractivity contribution in [3.05, 3.63) is 95.1 Å². The van der Waals surface area contributed by atoms with Crippen LogP contribution in [0.1, 0.15) is 59.5 Å². The van der Waals surface area contributed by atoms with Gasteiger partial charge in [-0.1, -0.05) is 81.4 Å². The Labute approximate surface area is 183 Å². The van der Waals surface area contributed by atoms with Crippen LogP contribution in [0.25, 0.3) is 11.1 Å². The highest BCUT2D eigenvalue weighted by molar-refractivity contribution is 6.03. The molecule has 0 spiro atoms. The second-order valence-corrected chi connectivity index (χ2v) is 8.44. The van der Waals surface area contributed by atoms with Crippen molar-refractivity contribution < 1.29 is 14.3 Å². The summed E-state index contributed by atoms with van der Waals surface area (Å²) in [7, 11) is 0. The third-order valence-corrected chi connectivity index (χ3v) is 5.17. The molecule has 4 nitrogen and oxygen atoms in total. The standard InChI is InChI=1S/C27H25NO3/c1-18(25(29)19-13-15-21(16-14-19)27(2,3)4)31-26(30)24-12-8-7-11-23(24)22-10-6-5-9-20(22)17-28/h5-16,18H,1-4H3/t18-/m1/s1. The van der Waals surface area contributed by atoms with Crippen molar-refractivity contribution in [2.24, 2.45) is 0 Å². The zero-order valence-corrected chi connectivity index (χ0v) is 18.2. The number of hydrogen-bond acceptors (Lipinski definition) is 4. The number of nitrogens with zero attached hydrogens (tertiary/aromatic N) is 1. The van der Waals surface area contributed by atoms with Gasteiger partial charge in [-0.05, 0) is 35.6 Å². The van der Waals surface area contributed by atoms with Gasteiger partial charge < -0.3 is 4.74 Å². The van der Waals surface area contributed by atoms with E-state index in [4.69, 9.17) is 4.74 Å². The quantitative estimate of drug-likeness (QED) is 0.384. The lowest BCUT2D eigenvalue weighted by Gasteiger charge is -2.19. The van der Waals surface area contributed by atoms with Gasteiger partial charge in [0.05, 0.1) is 17.2 Å². The van der Waals surface area contributed by atoms with Crippen LogP contribution in [-0.2, 0) is 10.2 Å². The largest absolute Gasteiger partial charge is 0.451 e. The second-order valence-electron chi connectivity index (χ2n) is 8.44. The van der Waals surface area contributed by atoms with Crippen molar-refractivity contribution >= 4 is 11.8 Å². The summed E-state index contributed by atoms with van der Waals surface area (Å²) in [6, 6.07) is 23.5. The van der Waals surface area contributed by atoms with Gasteiger partial charge in [-0.3, -0.25) is 4.79 Å². The smallest absolute Gasteiger partial charge is 0.339 e. The van der Waals surface area contributed by atoms with Crippen LogP contribution in [0.4, 0.5) is 0 Å². The molecule has 31 heavy (non-hydrogen) atoms. The summed E-state index contributed by atoms with van der Waals surface area (Å²) in [5, 5.41) is 9.41. The van der Waals surface area contributed by atoms with Crippen molar-refractivity contribution in [3.8, 4) is 17.2 Å². The highest BCUT2D eigenvalue weighted by Gasteiger charge is 2.23. The Morgan fingerprint density at radius 1 is 0.871 bits per heavy atom. The lowest BCUT2D eigenvalue weighted by Crippen LogP contribution is -2.25. The van der Waals surface area contributed by atoms with Crippen molar-refractivity contribution in [1.29, 1.82) is 5.26 Å². The molecular weight excluding hydrogens is 386 g/mol. The molecule has 0 heterocycles. The van der Waals surface area contributed by atoms with Crippen LogP contribution in [0.3, 0.4) is 0 Å². The van der Waals surface area contributed by atoms with Crippen molar-refractivity contribution in [1.82, 2.24) is 0 Å². The zero-order chi connectivity index (χ0) is 22.6. The lowest BCUT2D eigenvalue weighted by molar-refractivity contribution is 0.0319. The molecule has 4 heteroatoms. The van der Waals surface area contributed by atoms with E-state index in [0.717, 1.165) is 5.56 Å². The summed E-state index contributed by atoms with van der Waals surface area (Å²) in [6.07, 6.45) is -0.938. The first-order valence-corrected chi connectivity index (χ1v) is 10.2. The Balaban J connectivity index is 1.82. The van der Waals surface area contributed by atoms with Crippen LogP contribution in [0, 0.1) is 11.3 Å². The molecule has 0 fully saturated rings. The zero-order valence-electron chi connectivity index (χ0n) is 18.2. The normalized spacial score (nSPS) is 12.0. The summed E-state index contributed by atoms with van der Waals surface area (Å²) in [5.41, 5.74) is 3.63. The van der Waals surface area contributed by atoms with Crippen molar-refractivity contribution in [3.63, 3.8) is 0 Å². The molecule has 0 saturated carbocycles. The van der Waals surface area contributed by atoms with Crippen LogP contribution in [0.15, 0.2) is 72.8 Å². The van der Waals surface area contributed by atoms with E-state index in [1.54, 1.807) is 61.5 Å². The Bertz CT molecular complexity index is 1150. The Morgan fingerprint density at radius 2 is 1.45 bits per heavy atom. The molecular formula is C27H25NO3. The third kappa shape index (κ3) is 4.90. The SMILES string of the molecule is C[C@@H](OC(=O)c1ccccc1-c1ccccc1C#N)C(=O)c1ccc(C(C)(C)C)cc1. The average Bonchev–Trinajstić information content (AvgIpc) is 2.78. The molecule has 0 N–H and O–H groups in total. The maximum atomic E-state index is 12.9. The summed E-state index contributed by atoms with van der Waals surface area (Å²) >= 11 is 0. The highest BCUT2D eigenvalue weighted by atomic mass is 16.5.